The van der Waals surface area contributed by atoms with Crippen molar-refractivity contribution in [3.05, 3.63) is 53.3 Å². The Morgan fingerprint density at radius 3 is 2.53 bits per heavy atom. The van der Waals surface area contributed by atoms with Crippen LogP contribution in [0.25, 0.3) is 17.4 Å². The van der Waals surface area contributed by atoms with E-state index in [1.54, 1.807) is 18.2 Å². The molecular weight excluding hydrogens is 238 g/mol. The first kappa shape index (κ1) is 11.5. The Bertz CT molecular complexity index is 555. The van der Waals surface area contributed by atoms with E-state index in [0.717, 1.165) is 5.56 Å². The van der Waals surface area contributed by atoms with Crippen molar-refractivity contribution < 1.29 is 9.21 Å². The normalized spacial score (nSPS) is 10.9. The van der Waals surface area contributed by atoms with Gasteiger partial charge in [-0.1, -0.05) is 11.6 Å². The summed E-state index contributed by atoms with van der Waals surface area (Å²) in [7, 11) is 0. The third kappa shape index (κ3) is 2.98. The van der Waals surface area contributed by atoms with Crippen molar-refractivity contribution in [3.63, 3.8) is 0 Å². The van der Waals surface area contributed by atoms with Crippen LogP contribution in [0.1, 0.15) is 5.76 Å². The smallest absolute Gasteiger partial charge is 0.241 e. The van der Waals surface area contributed by atoms with Crippen LogP contribution in [-0.4, -0.2) is 5.91 Å². The van der Waals surface area contributed by atoms with Crippen LogP contribution >= 0.6 is 11.6 Å². The Hall–Kier alpha value is -2.00. The Morgan fingerprint density at radius 2 is 1.88 bits per heavy atom. The van der Waals surface area contributed by atoms with E-state index in [1.807, 2.05) is 18.2 Å². The lowest BCUT2D eigenvalue weighted by atomic mass is 10.2. The average molecular weight is 248 g/mol. The van der Waals surface area contributed by atoms with Crippen molar-refractivity contribution >= 4 is 23.6 Å². The fourth-order valence-electron chi connectivity index (χ4n) is 1.38. The molecule has 0 bridgehead atoms. The molecule has 0 aliphatic carbocycles. The first-order valence-corrected chi connectivity index (χ1v) is 5.36. The quantitative estimate of drug-likeness (QED) is 0.848. The molecule has 0 saturated carbocycles. The molecule has 0 fully saturated rings. The van der Waals surface area contributed by atoms with Gasteiger partial charge in [0.1, 0.15) is 11.5 Å². The van der Waals surface area contributed by atoms with Crippen LogP contribution in [0.5, 0.6) is 0 Å². The fraction of sp³-hybridized carbons (Fsp3) is 0. The topological polar surface area (TPSA) is 56.2 Å². The summed E-state index contributed by atoms with van der Waals surface area (Å²) in [4.78, 5) is 10.6. The number of halogens is 1. The lowest BCUT2D eigenvalue weighted by Crippen LogP contribution is -2.04. The second-order valence-corrected chi connectivity index (χ2v) is 3.88. The largest absolute Gasteiger partial charge is 0.457 e. The molecule has 86 valence electrons. The first-order valence-electron chi connectivity index (χ1n) is 4.98. The number of nitrogens with two attached hydrogens (primary N) is 1. The van der Waals surface area contributed by atoms with Crippen LogP contribution in [0.4, 0.5) is 0 Å². The third-order valence-electron chi connectivity index (χ3n) is 2.17. The van der Waals surface area contributed by atoms with Gasteiger partial charge in [0, 0.05) is 16.7 Å². The standard InChI is InChI=1S/C13H10ClNO2/c14-10-3-1-9(2-4-10)12-7-5-11(17-12)6-8-13(15)16/h1-8H,(H2,15,16)/b8-6+. The molecule has 0 spiro atoms. The molecule has 0 aliphatic rings. The highest BCUT2D eigenvalue weighted by Gasteiger charge is 2.02. The second kappa shape index (κ2) is 4.89. The monoisotopic (exact) mass is 247 g/mol. The van der Waals surface area contributed by atoms with E-state index >= 15 is 0 Å². The van der Waals surface area contributed by atoms with Gasteiger partial charge < -0.3 is 10.2 Å². The molecule has 17 heavy (non-hydrogen) atoms. The minimum atomic E-state index is -0.505. The number of primary amides is 1. The minimum Gasteiger partial charge on any atom is -0.457 e. The maximum Gasteiger partial charge on any atom is 0.241 e. The van der Waals surface area contributed by atoms with Gasteiger partial charge in [0.2, 0.25) is 5.91 Å². The number of furan rings is 1. The lowest BCUT2D eigenvalue weighted by molar-refractivity contribution is -0.113. The van der Waals surface area contributed by atoms with E-state index < -0.39 is 5.91 Å². The SMILES string of the molecule is NC(=O)/C=C/c1ccc(-c2ccc(Cl)cc2)o1. The molecule has 0 radical (unpaired) electrons. The van der Waals surface area contributed by atoms with E-state index in [0.29, 0.717) is 16.5 Å². The molecule has 1 aromatic heterocycles. The zero-order valence-corrected chi connectivity index (χ0v) is 9.65. The summed E-state index contributed by atoms with van der Waals surface area (Å²) >= 11 is 5.80. The number of hydrogen-bond acceptors (Lipinski definition) is 2. The van der Waals surface area contributed by atoms with Gasteiger partial charge in [-0.25, -0.2) is 0 Å². The van der Waals surface area contributed by atoms with Crippen LogP contribution < -0.4 is 5.73 Å². The van der Waals surface area contributed by atoms with Crippen LogP contribution in [0, 0.1) is 0 Å². The number of hydrogen-bond donors (Lipinski definition) is 1. The maximum absolute atomic E-state index is 10.6. The summed E-state index contributed by atoms with van der Waals surface area (Å²) in [5.74, 6) is 0.786. The van der Waals surface area contributed by atoms with Gasteiger partial charge in [0.15, 0.2) is 0 Å². The molecule has 1 heterocycles. The first-order chi connectivity index (χ1) is 8.15. The van der Waals surface area contributed by atoms with Gasteiger partial charge in [-0.15, -0.1) is 0 Å². The molecule has 1 aromatic carbocycles. The van der Waals surface area contributed by atoms with Gasteiger partial charge in [-0.3, -0.25) is 4.79 Å². The van der Waals surface area contributed by atoms with E-state index in [9.17, 15) is 4.79 Å². The van der Waals surface area contributed by atoms with Crippen molar-refractivity contribution in [2.45, 2.75) is 0 Å². The van der Waals surface area contributed by atoms with Crippen molar-refractivity contribution in [3.8, 4) is 11.3 Å². The molecule has 3 nitrogen and oxygen atoms in total. The summed E-state index contributed by atoms with van der Waals surface area (Å²) in [6.45, 7) is 0. The molecule has 2 rings (SSSR count). The van der Waals surface area contributed by atoms with Gasteiger partial charge in [-0.2, -0.15) is 0 Å². The molecule has 2 N–H and O–H groups in total. The zero-order valence-electron chi connectivity index (χ0n) is 8.89. The molecule has 0 unspecified atom stereocenters. The van der Waals surface area contributed by atoms with Crippen LogP contribution in [0.15, 0.2) is 46.9 Å². The second-order valence-electron chi connectivity index (χ2n) is 3.44. The summed E-state index contributed by atoms with van der Waals surface area (Å²) in [5.41, 5.74) is 5.92. The molecule has 1 amide bonds. The van der Waals surface area contributed by atoms with Gasteiger partial charge in [0.05, 0.1) is 0 Å². The van der Waals surface area contributed by atoms with Crippen LogP contribution in [0.3, 0.4) is 0 Å². The zero-order chi connectivity index (χ0) is 12.3. The third-order valence-corrected chi connectivity index (χ3v) is 2.42. The number of carbonyl (C=O) groups is 1. The summed E-state index contributed by atoms with van der Waals surface area (Å²) in [5, 5.41) is 0.675. The summed E-state index contributed by atoms with van der Waals surface area (Å²) in [6.07, 6.45) is 2.78. The predicted octanol–water partition coefficient (Wildman–Crippen LogP) is 3.10. The van der Waals surface area contributed by atoms with Gasteiger partial charge >= 0.3 is 0 Å². The highest BCUT2D eigenvalue weighted by molar-refractivity contribution is 6.30. The Kier molecular flexibility index (Phi) is 3.30. The maximum atomic E-state index is 10.6. The van der Waals surface area contributed by atoms with E-state index in [-0.39, 0.29) is 0 Å². The number of carbonyl (C=O) groups excluding carboxylic acids is 1. The number of amides is 1. The predicted molar refractivity (Wildman–Crippen MR) is 67.4 cm³/mol. The molecule has 0 saturated heterocycles. The van der Waals surface area contributed by atoms with E-state index in [1.165, 1.54) is 12.2 Å². The van der Waals surface area contributed by atoms with Crippen molar-refractivity contribution in [2.75, 3.05) is 0 Å². The highest BCUT2D eigenvalue weighted by atomic mass is 35.5. The van der Waals surface area contributed by atoms with E-state index in [4.69, 9.17) is 21.8 Å². The van der Waals surface area contributed by atoms with Crippen molar-refractivity contribution in [1.82, 2.24) is 0 Å². The average Bonchev–Trinajstić information content (AvgIpc) is 2.76. The van der Waals surface area contributed by atoms with Crippen molar-refractivity contribution in [1.29, 1.82) is 0 Å². The van der Waals surface area contributed by atoms with Gasteiger partial charge in [0.25, 0.3) is 0 Å². The molecule has 2 aromatic rings. The van der Waals surface area contributed by atoms with Crippen LogP contribution in [-0.2, 0) is 4.79 Å². The fourth-order valence-corrected chi connectivity index (χ4v) is 1.50. The Balaban J connectivity index is 2.23. The Morgan fingerprint density at radius 1 is 1.18 bits per heavy atom. The Labute approximate surface area is 103 Å². The van der Waals surface area contributed by atoms with Crippen molar-refractivity contribution in [2.24, 2.45) is 5.73 Å². The molecule has 0 atom stereocenters. The minimum absolute atomic E-state index is 0.505. The number of rotatable bonds is 3. The lowest BCUT2D eigenvalue weighted by Gasteiger charge is -1.96. The van der Waals surface area contributed by atoms with Gasteiger partial charge in [-0.05, 0) is 42.5 Å². The number of benzene rings is 1. The summed E-state index contributed by atoms with van der Waals surface area (Å²) in [6, 6.07) is 10.9. The molecule has 4 heteroatoms. The van der Waals surface area contributed by atoms with E-state index in [2.05, 4.69) is 0 Å². The molecular formula is C13H10ClNO2. The van der Waals surface area contributed by atoms with Crippen LogP contribution in [0.2, 0.25) is 5.02 Å². The molecule has 0 aliphatic heterocycles. The summed E-state index contributed by atoms with van der Waals surface area (Å²) < 4.78 is 5.52. The highest BCUT2D eigenvalue weighted by Crippen LogP contribution is 2.24.